The summed E-state index contributed by atoms with van der Waals surface area (Å²) in [6.45, 7) is 2.04. The van der Waals surface area contributed by atoms with Gasteiger partial charge in [0.05, 0.1) is 23.3 Å². The summed E-state index contributed by atoms with van der Waals surface area (Å²) >= 11 is 2.99. The van der Waals surface area contributed by atoms with Crippen LogP contribution in [0, 0.1) is 6.92 Å². The number of carbonyl (C=O) groups is 2. The highest BCUT2D eigenvalue weighted by molar-refractivity contribution is 8.18. The van der Waals surface area contributed by atoms with Crippen LogP contribution in [0.3, 0.4) is 0 Å². The molecule has 3 rings (SSSR count). The van der Waals surface area contributed by atoms with Gasteiger partial charge in [0.2, 0.25) is 0 Å². The number of hydrogen-bond donors (Lipinski definition) is 0. The largest absolute Gasteiger partial charge is 0.465 e. The Hall–Kier alpha value is -2.38. The number of esters is 1. The van der Waals surface area contributed by atoms with Gasteiger partial charge in [0, 0.05) is 16.8 Å². The third-order valence-electron chi connectivity index (χ3n) is 3.55. The first kappa shape index (κ1) is 17.4. The van der Waals surface area contributed by atoms with E-state index in [0.717, 1.165) is 4.88 Å². The van der Waals surface area contributed by atoms with Gasteiger partial charge in [-0.05, 0) is 61.2 Å². The molecule has 1 aromatic carbocycles. The highest BCUT2D eigenvalue weighted by Crippen LogP contribution is 2.34. The SMILES string of the molecule is COC(=O)c1ccc(N=C2S/C(=C/c3ccc(C)s3)C(=O)N2C)cc1. The van der Waals surface area contributed by atoms with E-state index in [4.69, 9.17) is 0 Å². The lowest BCUT2D eigenvalue weighted by Crippen LogP contribution is -2.23. The highest BCUT2D eigenvalue weighted by Gasteiger charge is 2.30. The summed E-state index contributed by atoms with van der Waals surface area (Å²) in [5.41, 5.74) is 1.13. The van der Waals surface area contributed by atoms with E-state index < -0.39 is 5.97 Å². The molecule has 25 heavy (non-hydrogen) atoms. The average molecular weight is 372 g/mol. The zero-order chi connectivity index (χ0) is 18.0. The van der Waals surface area contributed by atoms with Crippen LogP contribution < -0.4 is 0 Å². The lowest BCUT2D eigenvalue weighted by molar-refractivity contribution is -0.121. The maximum Gasteiger partial charge on any atom is 0.337 e. The maximum atomic E-state index is 12.4. The summed E-state index contributed by atoms with van der Waals surface area (Å²) in [4.78, 5) is 32.8. The lowest BCUT2D eigenvalue weighted by atomic mass is 10.2. The number of likely N-dealkylation sites (N-methyl/N-ethyl adjacent to an activating group) is 1. The molecule has 2 heterocycles. The zero-order valence-corrected chi connectivity index (χ0v) is 15.6. The van der Waals surface area contributed by atoms with Crippen molar-refractivity contribution < 1.29 is 14.3 Å². The molecule has 0 radical (unpaired) electrons. The first-order valence-corrected chi connectivity index (χ1v) is 9.12. The Morgan fingerprint density at radius 1 is 1.20 bits per heavy atom. The number of nitrogens with zero attached hydrogens (tertiary/aromatic N) is 2. The molecule has 7 heteroatoms. The predicted molar refractivity (Wildman–Crippen MR) is 102 cm³/mol. The molecular formula is C18H16N2O3S2. The van der Waals surface area contributed by atoms with Crippen molar-refractivity contribution in [1.29, 1.82) is 0 Å². The number of amides is 1. The number of thioether (sulfide) groups is 1. The number of methoxy groups -OCH3 is 1. The fourth-order valence-electron chi connectivity index (χ4n) is 2.21. The third kappa shape index (κ3) is 3.83. The van der Waals surface area contributed by atoms with E-state index in [2.05, 4.69) is 9.73 Å². The topological polar surface area (TPSA) is 59.0 Å². The van der Waals surface area contributed by atoms with E-state index in [9.17, 15) is 9.59 Å². The van der Waals surface area contributed by atoms with Crippen molar-refractivity contribution in [3.05, 3.63) is 56.6 Å². The standard InChI is InChI=1S/C18H16N2O3S2/c1-11-4-9-14(24-11)10-15-16(21)20(2)18(25-15)19-13-7-5-12(6-8-13)17(22)23-3/h4-10H,1-3H3/b15-10+,19-18?. The molecule has 0 bridgehead atoms. The minimum absolute atomic E-state index is 0.0685. The minimum Gasteiger partial charge on any atom is -0.465 e. The second-order valence-corrected chi connectivity index (χ2v) is 7.68. The summed E-state index contributed by atoms with van der Waals surface area (Å²) in [7, 11) is 3.05. The Balaban J connectivity index is 1.83. The second-order valence-electron chi connectivity index (χ2n) is 5.36. The number of thiophene rings is 1. The van der Waals surface area contributed by atoms with E-state index in [-0.39, 0.29) is 5.91 Å². The summed E-state index contributed by atoms with van der Waals surface area (Å²) in [5.74, 6) is -0.459. The Labute approximate surface area is 154 Å². The van der Waals surface area contributed by atoms with Crippen molar-refractivity contribution in [1.82, 2.24) is 4.90 Å². The number of hydrogen-bond acceptors (Lipinski definition) is 6. The fourth-order valence-corrected chi connectivity index (χ4v) is 4.09. The monoisotopic (exact) mass is 372 g/mol. The van der Waals surface area contributed by atoms with Gasteiger partial charge < -0.3 is 4.74 Å². The zero-order valence-electron chi connectivity index (χ0n) is 14.0. The van der Waals surface area contributed by atoms with Gasteiger partial charge in [-0.2, -0.15) is 0 Å². The molecule has 1 saturated heterocycles. The molecule has 0 unspecified atom stereocenters. The lowest BCUT2D eigenvalue weighted by Gasteiger charge is -2.07. The van der Waals surface area contributed by atoms with Gasteiger partial charge in [0.1, 0.15) is 0 Å². The van der Waals surface area contributed by atoms with Crippen molar-refractivity contribution in [3.8, 4) is 0 Å². The summed E-state index contributed by atoms with van der Waals surface area (Å²) in [6.07, 6.45) is 1.89. The molecule has 1 aromatic heterocycles. The van der Waals surface area contributed by atoms with Gasteiger partial charge in [-0.25, -0.2) is 9.79 Å². The van der Waals surface area contributed by atoms with Crippen LogP contribution in [0.1, 0.15) is 20.1 Å². The molecule has 0 spiro atoms. The molecule has 0 N–H and O–H groups in total. The van der Waals surface area contributed by atoms with Crippen LogP contribution in [0.5, 0.6) is 0 Å². The van der Waals surface area contributed by atoms with Crippen LogP contribution in [0.4, 0.5) is 5.69 Å². The van der Waals surface area contributed by atoms with Crippen LogP contribution in [0.2, 0.25) is 0 Å². The number of aryl methyl sites for hydroxylation is 1. The van der Waals surface area contributed by atoms with Crippen molar-refractivity contribution in [2.75, 3.05) is 14.2 Å². The number of amidine groups is 1. The van der Waals surface area contributed by atoms with E-state index >= 15 is 0 Å². The summed E-state index contributed by atoms with van der Waals surface area (Å²) in [5, 5.41) is 0.607. The number of aliphatic imine (C=N–C) groups is 1. The number of ether oxygens (including phenoxy) is 1. The van der Waals surface area contributed by atoms with Gasteiger partial charge >= 0.3 is 5.97 Å². The van der Waals surface area contributed by atoms with Crippen LogP contribution in [0.15, 0.2) is 46.3 Å². The van der Waals surface area contributed by atoms with Crippen LogP contribution in [-0.4, -0.2) is 36.1 Å². The fraction of sp³-hybridized carbons (Fsp3) is 0.167. The van der Waals surface area contributed by atoms with Crippen LogP contribution in [0.25, 0.3) is 6.08 Å². The summed E-state index contributed by atoms with van der Waals surface area (Å²) < 4.78 is 4.67. The highest BCUT2D eigenvalue weighted by atomic mass is 32.2. The predicted octanol–water partition coefficient (Wildman–Crippen LogP) is 4.08. The van der Waals surface area contributed by atoms with Crippen molar-refractivity contribution in [2.45, 2.75) is 6.92 Å². The van der Waals surface area contributed by atoms with Gasteiger partial charge in [0.25, 0.3) is 5.91 Å². The average Bonchev–Trinajstić information content (AvgIpc) is 3.14. The first-order valence-electron chi connectivity index (χ1n) is 7.49. The maximum absolute atomic E-state index is 12.4. The molecule has 5 nitrogen and oxygen atoms in total. The Morgan fingerprint density at radius 3 is 2.52 bits per heavy atom. The molecule has 1 amide bonds. The number of rotatable bonds is 3. The quantitative estimate of drug-likeness (QED) is 0.602. The minimum atomic E-state index is -0.391. The van der Waals surface area contributed by atoms with Gasteiger partial charge in [-0.1, -0.05) is 0 Å². The van der Waals surface area contributed by atoms with Crippen molar-refractivity contribution in [2.24, 2.45) is 4.99 Å². The van der Waals surface area contributed by atoms with Crippen LogP contribution >= 0.6 is 23.1 Å². The Kier molecular flexibility index (Phi) is 5.06. The molecule has 128 valence electrons. The van der Waals surface area contributed by atoms with Crippen LogP contribution in [-0.2, 0) is 9.53 Å². The van der Waals surface area contributed by atoms with E-state index in [1.54, 1.807) is 42.6 Å². The molecule has 0 saturated carbocycles. The number of carbonyl (C=O) groups excluding carboxylic acids is 2. The first-order chi connectivity index (χ1) is 12.0. The van der Waals surface area contributed by atoms with E-state index in [1.807, 2.05) is 25.1 Å². The Bertz CT molecular complexity index is 882. The van der Waals surface area contributed by atoms with Crippen molar-refractivity contribution >= 4 is 51.9 Å². The third-order valence-corrected chi connectivity index (χ3v) is 5.56. The molecule has 2 aromatic rings. The van der Waals surface area contributed by atoms with Gasteiger partial charge in [-0.3, -0.25) is 9.69 Å². The molecule has 1 fully saturated rings. The van der Waals surface area contributed by atoms with Gasteiger partial charge in [-0.15, -0.1) is 11.3 Å². The molecular weight excluding hydrogens is 356 g/mol. The van der Waals surface area contributed by atoms with Crippen molar-refractivity contribution in [3.63, 3.8) is 0 Å². The summed E-state index contributed by atoms with van der Waals surface area (Å²) in [6, 6.07) is 10.8. The second kappa shape index (κ2) is 7.25. The normalized spacial score (nSPS) is 17.6. The molecule has 0 atom stereocenters. The molecule has 1 aliphatic heterocycles. The van der Waals surface area contributed by atoms with E-state index in [1.165, 1.54) is 28.6 Å². The smallest absolute Gasteiger partial charge is 0.337 e. The number of benzene rings is 1. The van der Waals surface area contributed by atoms with Gasteiger partial charge in [0.15, 0.2) is 5.17 Å². The Morgan fingerprint density at radius 2 is 1.92 bits per heavy atom. The molecule has 1 aliphatic rings. The van der Waals surface area contributed by atoms with E-state index in [0.29, 0.717) is 21.3 Å². The molecule has 0 aliphatic carbocycles.